The van der Waals surface area contributed by atoms with Gasteiger partial charge in [-0.2, -0.15) is 0 Å². The molecule has 3 heteroatoms. The van der Waals surface area contributed by atoms with Gasteiger partial charge < -0.3 is 4.90 Å². The summed E-state index contributed by atoms with van der Waals surface area (Å²) in [6.45, 7) is 0.792. The number of alkyl halides is 1. The SMILES string of the molecule is O=C(CCl)N(CCc1ccccc1)C1CC1. The Morgan fingerprint density at radius 2 is 2.00 bits per heavy atom. The highest BCUT2D eigenvalue weighted by molar-refractivity contribution is 6.27. The first-order valence-electron chi connectivity index (χ1n) is 5.70. The highest BCUT2D eigenvalue weighted by atomic mass is 35.5. The molecule has 0 bridgehead atoms. The van der Waals surface area contributed by atoms with Crippen LogP contribution in [0.15, 0.2) is 30.3 Å². The minimum absolute atomic E-state index is 0.0695. The lowest BCUT2D eigenvalue weighted by atomic mass is 10.1. The molecule has 1 aliphatic rings. The molecular weight excluding hydrogens is 222 g/mol. The molecule has 1 aromatic rings. The van der Waals surface area contributed by atoms with E-state index in [1.165, 1.54) is 5.56 Å². The highest BCUT2D eigenvalue weighted by Crippen LogP contribution is 2.27. The van der Waals surface area contributed by atoms with Crippen molar-refractivity contribution in [2.75, 3.05) is 12.4 Å². The van der Waals surface area contributed by atoms with Crippen LogP contribution in [0.25, 0.3) is 0 Å². The Morgan fingerprint density at radius 1 is 1.31 bits per heavy atom. The van der Waals surface area contributed by atoms with Gasteiger partial charge in [-0.3, -0.25) is 4.79 Å². The normalized spacial score (nSPS) is 14.8. The van der Waals surface area contributed by atoms with Gasteiger partial charge in [0.1, 0.15) is 5.88 Å². The molecule has 1 saturated carbocycles. The molecule has 2 nitrogen and oxygen atoms in total. The number of halogens is 1. The Bertz CT molecular complexity index is 348. The predicted octanol–water partition coefficient (Wildman–Crippen LogP) is 2.46. The van der Waals surface area contributed by atoms with Crippen LogP contribution in [0.5, 0.6) is 0 Å². The van der Waals surface area contributed by atoms with Gasteiger partial charge in [0.25, 0.3) is 0 Å². The molecule has 1 amide bonds. The molecule has 0 unspecified atom stereocenters. The van der Waals surface area contributed by atoms with Crippen molar-refractivity contribution in [3.8, 4) is 0 Å². The summed E-state index contributed by atoms with van der Waals surface area (Å²) in [7, 11) is 0. The zero-order valence-corrected chi connectivity index (χ0v) is 9.99. The first-order chi connectivity index (χ1) is 7.81. The second-order valence-corrected chi connectivity index (χ2v) is 4.45. The monoisotopic (exact) mass is 237 g/mol. The van der Waals surface area contributed by atoms with Gasteiger partial charge >= 0.3 is 0 Å². The molecule has 86 valence electrons. The van der Waals surface area contributed by atoms with Crippen molar-refractivity contribution in [2.45, 2.75) is 25.3 Å². The van der Waals surface area contributed by atoms with Crippen LogP contribution >= 0.6 is 11.6 Å². The lowest BCUT2D eigenvalue weighted by Gasteiger charge is -2.21. The van der Waals surface area contributed by atoms with Crippen LogP contribution in [-0.2, 0) is 11.2 Å². The third kappa shape index (κ3) is 2.99. The Hall–Kier alpha value is -1.02. The molecule has 0 radical (unpaired) electrons. The van der Waals surface area contributed by atoms with Gasteiger partial charge in [-0.15, -0.1) is 11.6 Å². The molecule has 0 heterocycles. The third-order valence-corrected chi connectivity index (χ3v) is 3.14. The molecule has 2 rings (SSSR count). The molecule has 1 fully saturated rings. The number of nitrogens with zero attached hydrogens (tertiary/aromatic N) is 1. The zero-order valence-electron chi connectivity index (χ0n) is 9.23. The average Bonchev–Trinajstić information content (AvgIpc) is 3.15. The maximum Gasteiger partial charge on any atom is 0.237 e. The van der Waals surface area contributed by atoms with Gasteiger partial charge in [0.2, 0.25) is 5.91 Å². The minimum atomic E-state index is 0.0695. The Labute approximate surface area is 101 Å². The number of hydrogen-bond acceptors (Lipinski definition) is 1. The first kappa shape index (κ1) is 11.5. The molecule has 0 atom stereocenters. The minimum Gasteiger partial charge on any atom is -0.338 e. The molecule has 1 aliphatic carbocycles. The maximum atomic E-state index is 11.6. The van der Waals surface area contributed by atoms with Crippen molar-refractivity contribution in [3.63, 3.8) is 0 Å². The second kappa shape index (κ2) is 5.35. The maximum absolute atomic E-state index is 11.6. The van der Waals surface area contributed by atoms with Crippen LogP contribution in [0.1, 0.15) is 18.4 Å². The van der Waals surface area contributed by atoms with Crippen molar-refractivity contribution in [3.05, 3.63) is 35.9 Å². The quantitative estimate of drug-likeness (QED) is 0.721. The van der Waals surface area contributed by atoms with Crippen molar-refractivity contribution in [1.82, 2.24) is 4.90 Å². The van der Waals surface area contributed by atoms with Gasteiger partial charge in [0, 0.05) is 12.6 Å². The van der Waals surface area contributed by atoms with Gasteiger partial charge in [0.05, 0.1) is 0 Å². The third-order valence-electron chi connectivity index (χ3n) is 2.91. The van der Waals surface area contributed by atoms with Crippen LogP contribution in [0.2, 0.25) is 0 Å². The van der Waals surface area contributed by atoms with Gasteiger partial charge in [-0.25, -0.2) is 0 Å². The number of amides is 1. The summed E-state index contributed by atoms with van der Waals surface area (Å²) < 4.78 is 0. The lowest BCUT2D eigenvalue weighted by molar-refractivity contribution is -0.129. The number of carbonyl (C=O) groups is 1. The summed E-state index contributed by atoms with van der Waals surface area (Å²) in [6.07, 6.45) is 3.19. The molecule has 16 heavy (non-hydrogen) atoms. The molecule has 0 spiro atoms. The average molecular weight is 238 g/mol. The van der Waals surface area contributed by atoms with E-state index in [4.69, 9.17) is 11.6 Å². The van der Waals surface area contributed by atoms with E-state index in [0.717, 1.165) is 25.8 Å². The van der Waals surface area contributed by atoms with Gasteiger partial charge in [-0.05, 0) is 24.8 Å². The van der Waals surface area contributed by atoms with Gasteiger partial charge in [0.15, 0.2) is 0 Å². The Balaban J connectivity index is 1.89. The van der Waals surface area contributed by atoms with E-state index in [-0.39, 0.29) is 11.8 Å². The molecule has 1 aromatic carbocycles. The highest BCUT2D eigenvalue weighted by Gasteiger charge is 2.31. The lowest BCUT2D eigenvalue weighted by Crippen LogP contribution is -2.35. The van der Waals surface area contributed by atoms with E-state index in [2.05, 4.69) is 12.1 Å². The van der Waals surface area contributed by atoms with Crippen LogP contribution in [0, 0.1) is 0 Å². The number of rotatable bonds is 5. The summed E-state index contributed by atoms with van der Waals surface area (Å²) in [6, 6.07) is 10.7. The van der Waals surface area contributed by atoms with E-state index in [1.54, 1.807) is 0 Å². The molecular formula is C13H16ClNO. The van der Waals surface area contributed by atoms with Crippen molar-refractivity contribution >= 4 is 17.5 Å². The van der Waals surface area contributed by atoms with E-state index in [1.807, 2.05) is 23.1 Å². The smallest absolute Gasteiger partial charge is 0.237 e. The van der Waals surface area contributed by atoms with Crippen molar-refractivity contribution in [2.24, 2.45) is 0 Å². The van der Waals surface area contributed by atoms with E-state index >= 15 is 0 Å². The number of hydrogen-bond donors (Lipinski definition) is 0. The van der Waals surface area contributed by atoms with Crippen molar-refractivity contribution in [1.29, 1.82) is 0 Å². The topological polar surface area (TPSA) is 20.3 Å². The molecule has 0 aromatic heterocycles. The second-order valence-electron chi connectivity index (χ2n) is 4.19. The fourth-order valence-electron chi connectivity index (χ4n) is 1.87. The fourth-order valence-corrected chi connectivity index (χ4v) is 2.02. The first-order valence-corrected chi connectivity index (χ1v) is 6.24. The summed E-state index contributed by atoms with van der Waals surface area (Å²) in [5.74, 6) is 0.172. The fraction of sp³-hybridized carbons (Fsp3) is 0.462. The summed E-state index contributed by atoms with van der Waals surface area (Å²) in [5.41, 5.74) is 1.27. The molecule has 0 N–H and O–H groups in total. The van der Waals surface area contributed by atoms with Crippen LogP contribution in [-0.4, -0.2) is 29.3 Å². The van der Waals surface area contributed by atoms with E-state index < -0.39 is 0 Å². The van der Waals surface area contributed by atoms with Gasteiger partial charge in [-0.1, -0.05) is 30.3 Å². The standard InChI is InChI=1S/C13H16ClNO/c14-10-13(16)15(12-6-7-12)9-8-11-4-2-1-3-5-11/h1-5,12H,6-10H2. The zero-order chi connectivity index (χ0) is 11.4. The number of benzene rings is 1. The summed E-state index contributed by atoms with van der Waals surface area (Å²) >= 11 is 5.61. The Kier molecular flexibility index (Phi) is 3.83. The van der Waals surface area contributed by atoms with Crippen molar-refractivity contribution < 1.29 is 4.79 Å². The Morgan fingerprint density at radius 3 is 2.56 bits per heavy atom. The summed E-state index contributed by atoms with van der Waals surface area (Å²) in [4.78, 5) is 13.5. The van der Waals surface area contributed by atoms with Crippen LogP contribution < -0.4 is 0 Å². The summed E-state index contributed by atoms with van der Waals surface area (Å²) in [5, 5.41) is 0. The van der Waals surface area contributed by atoms with E-state index in [9.17, 15) is 4.79 Å². The molecule has 0 aliphatic heterocycles. The van der Waals surface area contributed by atoms with Crippen LogP contribution in [0.3, 0.4) is 0 Å². The largest absolute Gasteiger partial charge is 0.338 e. The van der Waals surface area contributed by atoms with E-state index in [0.29, 0.717) is 6.04 Å². The molecule has 0 saturated heterocycles. The number of carbonyl (C=O) groups excluding carboxylic acids is 1. The predicted molar refractivity (Wildman–Crippen MR) is 65.6 cm³/mol. The van der Waals surface area contributed by atoms with Crippen LogP contribution in [0.4, 0.5) is 0 Å².